The van der Waals surface area contributed by atoms with Gasteiger partial charge in [-0.25, -0.2) is 0 Å². The van der Waals surface area contributed by atoms with E-state index < -0.39 is 0 Å². The summed E-state index contributed by atoms with van der Waals surface area (Å²) in [6, 6.07) is 7.29. The highest BCUT2D eigenvalue weighted by Gasteiger charge is 2.22. The number of hydrogen-bond acceptors (Lipinski definition) is 5. The first-order chi connectivity index (χ1) is 11.6. The van der Waals surface area contributed by atoms with Gasteiger partial charge >= 0.3 is 0 Å². The number of carbonyl (C=O) groups is 1. The van der Waals surface area contributed by atoms with Gasteiger partial charge in [-0.3, -0.25) is 4.79 Å². The molecule has 1 aromatic heterocycles. The van der Waals surface area contributed by atoms with Crippen molar-refractivity contribution in [1.82, 2.24) is 5.32 Å². The molecule has 0 aliphatic carbocycles. The minimum Gasteiger partial charge on any atom is -0.486 e. The smallest absolute Gasteiger partial charge is 0.255 e. The van der Waals surface area contributed by atoms with Crippen molar-refractivity contribution in [2.45, 2.75) is 26.4 Å². The summed E-state index contributed by atoms with van der Waals surface area (Å²) in [5.74, 6) is 2.05. The summed E-state index contributed by atoms with van der Waals surface area (Å²) in [4.78, 5) is 12.5. The third-order valence-corrected chi connectivity index (χ3v) is 4.00. The second-order valence-electron chi connectivity index (χ2n) is 6.10. The Morgan fingerprint density at radius 2 is 1.92 bits per heavy atom. The molecular weight excluding hydrogens is 344 g/mol. The van der Waals surface area contributed by atoms with Crippen LogP contribution in [0.1, 0.15) is 41.6 Å². The number of halogens is 1. The average Bonchev–Trinajstić information content (AvgIpc) is 3.08. The molecule has 0 spiro atoms. The number of nitrogens with two attached hydrogens (primary N) is 1. The number of fused-ring (bicyclic) bond motifs is 1. The molecule has 0 saturated heterocycles. The lowest BCUT2D eigenvalue weighted by atomic mass is 9.95. The van der Waals surface area contributed by atoms with Crippen LogP contribution in [0.5, 0.6) is 11.5 Å². The van der Waals surface area contributed by atoms with E-state index in [9.17, 15) is 4.79 Å². The number of nitrogens with one attached hydrogen (secondary N) is 1. The number of rotatable bonds is 5. The first-order valence-corrected chi connectivity index (χ1v) is 8.06. The second kappa shape index (κ2) is 8.27. The van der Waals surface area contributed by atoms with E-state index >= 15 is 0 Å². The number of hydrogen-bond donors (Lipinski definition) is 2. The highest BCUT2D eigenvalue weighted by atomic mass is 35.5. The molecule has 2 aromatic rings. The van der Waals surface area contributed by atoms with Crippen LogP contribution in [-0.4, -0.2) is 19.1 Å². The zero-order valence-corrected chi connectivity index (χ0v) is 15.1. The fourth-order valence-corrected chi connectivity index (χ4v) is 2.72. The third kappa shape index (κ3) is 4.27. The third-order valence-electron chi connectivity index (χ3n) is 4.00. The summed E-state index contributed by atoms with van der Waals surface area (Å²) in [5, 5.41) is 3.06. The van der Waals surface area contributed by atoms with Crippen LogP contribution in [0.15, 0.2) is 34.9 Å². The maximum Gasteiger partial charge on any atom is 0.255 e. The summed E-state index contributed by atoms with van der Waals surface area (Å²) >= 11 is 0. The van der Waals surface area contributed by atoms with Crippen LogP contribution in [-0.2, 0) is 6.54 Å². The summed E-state index contributed by atoms with van der Waals surface area (Å²) in [5.41, 5.74) is 6.97. The van der Waals surface area contributed by atoms with Gasteiger partial charge in [0.25, 0.3) is 5.91 Å². The lowest BCUT2D eigenvalue weighted by Crippen LogP contribution is -2.31. The van der Waals surface area contributed by atoms with Crippen molar-refractivity contribution in [2.75, 3.05) is 13.2 Å². The van der Waals surface area contributed by atoms with Crippen molar-refractivity contribution in [3.63, 3.8) is 0 Å². The summed E-state index contributed by atoms with van der Waals surface area (Å²) in [6.45, 7) is 5.47. The first kappa shape index (κ1) is 19.1. The van der Waals surface area contributed by atoms with Gasteiger partial charge in [-0.15, -0.1) is 12.4 Å². The molecule has 0 radical (unpaired) electrons. The Kier molecular flexibility index (Phi) is 6.33. The number of amides is 1. The summed E-state index contributed by atoms with van der Waals surface area (Å²) in [6.07, 6.45) is 1.43. The second-order valence-corrected chi connectivity index (χ2v) is 6.10. The van der Waals surface area contributed by atoms with Crippen LogP contribution >= 0.6 is 12.4 Å². The Bertz CT molecular complexity index is 730. The lowest BCUT2D eigenvalue weighted by molar-refractivity contribution is 0.0924. The molecule has 1 amide bonds. The number of benzene rings is 1. The molecule has 0 saturated carbocycles. The van der Waals surface area contributed by atoms with Crippen molar-refractivity contribution in [3.05, 3.63) is 47.4 Å². The van der Waals surface area contributed by atoms with E-state index in [2.05, 4.69) is 19.2 Å². The van der Waals surface area contributed by atoms with Crippen LogP contribution in [0.3, 0.4) is 0 Å². The largest absolute Gasteiger partial charge is 0.486 e. The average molecular weight is 367 g/mol. The van der Waals surface area contributed by atoms with Crippen LogP contribution < -0.4 is 20.5 Å². The van der Waals surface area contributed by atoms with Gasteiger partial charge < -0.3 is 24.9 Å². The molecule has 1 aliphatic rings. The van der Waals surface area contributed by atoms with E-state index in [0.717, 1.165) is 11.3 Å². The zero-order chi connectivity index (χ0) is 17.1. The molecule has 3 N–H and O–H groups in total. The Morgan fingerprint density at radius 3 is 2.56 bits per heavy atom. The summed E-state index contributed by atoms with van der Waals surface area (Å²) in [7, 11) is 0. The molecule has 1 unspecified atom stereocenters. The predicted octanol–water partition coefficient (Wildman–Crippen LogP) is 3.06. The minimum absolute atomic E-state index is 0. The van der Waals surface area contributed by atoms with Gasteiger partial charge in [0.05, 0.1) is 18.2 Å². The molecule has 1 aromatic carbocycles. The fourth-order valence-electron chi connectivity index (χ4n) is 2.72. The number of ether oxygens (including phenoxy) is 2. The minimum atomic E-state index is -0.188. The van der Waals surface area contributed by atoms with Crippen LogP contribution in [0.25, 0.3) is 0 Å². The van der Waals surface area contributed by atoms with Gasteiger partial charge in [-0.1, -0.05) is 19.9 Å². The standard InChI is InChI=1S/C18H22N2O4.ClH/c1-11(2)17(20-18(21)13-7-14(9-19)24-10-13)12-3-4-15-16(8-12)23-6-5-22-15;/h3-4,7-8,10-11,17H,5-6,9,19H2,1-2H3,(H,20,21);1H. The van der Waals surface area contributed by atoms with E-state index in [1.165, 1.54) is 6.26 Å². The van der Waals surface area contributed by atoms with Gasteiger partial charge in [-0.05, 0) is 29.7 Å². The molecule has 3 rings (SSSR count). The van der Waals surface area contributed by atoms with Gasteiger partial charge in [0.1, 0.15) is 25.2 Å². The van der Waals surface area contributed by atoms with E-state index in [4.69, 9.17) is 19.6 Å². The highest BCUT2D eigenvalue weighted by molar-refractivity contribution is 5.94. The Hall–Kier alpha value is -2.18. The zero-order valence-electron chi connectivity index (χ0n) is 14.3. The maximum absolute atomic E-state index is 12.5. The highest BCUT2D eigenvalue weighted by Crippen LogP contribution is 2.34. The van der Waals surface area contributed by atoms with Crippen molar-refractivity contribution >= 4 is 18.3 Å². The fraction of sp³-hybridized carbons (Fsp3) is 0.389. The maximum atomic E-state index is 12.5. The quantitative estimate of drug-likeness (QED) is 0.849. The Labute approximate surface area is 153 Å². The van der Waals surface area contributed by atoms with Gasteiger partial charge in [0.2, 0.25) is 0 Å². The Balaban J connectivity index is 0.00000225. The van der Waals surface area contributed by atoms with Crippen molar-refractivity contribution < 1.29 is 18.7 Å². The van der Waals surface area contributed by atoms with Gasteiger partial charge in [0.15, 0.2) is 11.5 Å². The van der Waals surface area contributed by atoms with Gasteiger partial charge in [0, 0.05) is 0 Å². The van der Waals surface area contributed by atoms with Crippen LogP contribution in [0.2, 0.25) is 0 Å². The lowest BCUT2D eigenvalue weighted by Gasteiger charge is -2.25. The molecular formula is C18H23ClN2O4. The molecule has 1 atom stereocenters. The van der Waals surface area contributed by atoms with Crippen molar-refractivity contribution in [2.24, 2.45) is 11.7 Å². The molecule has 136 valence electrons. The molecule has 25 heavy (non-hydrogen) atoms. The topological polar surface area (TPSA) is 86.7 Å². The molecule has 1 aliphatic heterocycles. The van der Waals surface area contributed by atoms with E-state index in [1.807, 2.05) is 18.2 Å². The predicted molar refractivity (Wildman–Crippen MR) is 96.3 cm³/mol. The Morgan fingerprint density at radius 1 is 1.20 bits per heavy atom. The van der Waals surface area contributed by atoms with E-state index in [-0.39, 0.29) is 36.8 Å². The SMILES string of the molecule is CC(C)C(NC(=O)c1coc(CN)c1)c1ccc2c(c1)OCCO2.Cl. The van der Waals surface area contributed by atoms with Crippen molar-refractivity contribution in [3.8, 4) is 11.5 Å². The molecule has 2 heterocycles. The molecule has 0 fully saturated rings. The van der Waals surface area contributed by atoms with E-state index in [0.29, 0.717) is 30.3 Å². The molecule has 6 nitrogen and oxygen atoms in total. The van der Waals surface area contributed by atoms with Crippen LogP contribution in [0.4, 0.5) is 0 Å². The first-order valence-electron chi connectivity index (χ1n) is 8.06. The normalized spacial score (nSPS) is 13.9. The van der Waals surface area contributed by atoms with E-state index in [1.54, 1.807) is 6.07 Å². The van der Waals surface area contributed by atoms with Gasteiger partial charge in [-0.2, -0.15) is 0 Å². The number of furan rings is 1. The van der Waals surface area contributed by atoms with Crippen molar-refractivity contribution in [1.29, 1.82) is 0 Å². The summed E-state index contributed by atoms with van der Waals surface area (Å²) < 4.78 is 16.4. The number of carbonyl (C=O) groups excluding carboxylic acids is 1. The molecule has 0 bridgehead atoms. The molecule has 7 heteroatoms. The monoisotopic (exact) mass is 366 g/mol. The van der Waals surface area contributed by atoms with Crippen LogP contribution in [0, 0.1) is 5.92 Å².